The molecule has 14 heavy (non-hydrogen) atoms. The molecule has 0 aromatic rings. The molecule has 4 heteroatoms. The maximum absolute atomic E-state index is 10.6. The van der Waals surface area contributed by atoms with Crippen molar-refractivity contribution in [3.8, 4) is 0 Å². The summed E-state index contributed by atoms with van der Waals surface area (Å²) in [7, 11) is 0. The molecule has 0 N–H and O–H groups in total. The van der Waals surface area contributed by atoms with Gasteiger partial charge < -0.3 is 9.64 Å². The van der Waals surface area contributed by atoms with Crippen LogP contribution in [-0.2, 0) is 9.53 Å². The minimum atomic E-state index is 0.0210. The van der Waals surface area contributed by atoms with Gasteiger partial charge in [-0.25, -0.2) is 0 Å². The summed E-state index contributed by atoms with van der Waals surface area (Å²) < 4.78 is 5.19. The Balaban J connectivity index is 2.45. The normalized spacial score (nSPS) is 19.0. The van der Waals surface area contributed by atoms with Gasteiger partial charge in [-0.05, 0) is 19.1 Å². The van der Waals surface area contributed by atoms with Crippen molar-refractivity contribution in [2.45, 2.75) is 6.92 Å². The smallest absolute Gasteiger partial charge is 0.152 e. The third-order valence-corrected chi connectivity index (χ3v) is 2.24. The van der Waals surface area contributed by atoms with Gasteiger partial charge >= 0.3 is 0 Å². The number of carbonyl (C=O) groups is 1. The van der Waals surface area contributed by atoms with Crippen LogP contribution in [0.5, 0.6) is 0 Å². The van der Waals surface area contributed by atoms with Gasteiger partial charge in [-0.2, -0.15) is 0 Å². The molecule has 0 radical (unpaired) electrons. The lowest BCUT2D eigenvalue weighted by atomic mass is 10.3. The Labute approximate surface area is 89.0 Å². The highest BCUT2D eigenvalue weighted by atomic mass is 35.5. The number of carbonyl (C=O) groups excluding carboxylic acids is 1. The van der Waals surface area contributed by atoms with Crippen molar-refractivity contribution >= 4 is 17.4 Å². The molecule has 1 aliphatic rings. The molecule has 1 rings (SSSR count). The quantitative estimate of drug-likeness (QED) is 0.407. The molecule has 1 fully saturated rings. The van der Waals surface area contributed by atoms with Crippen LogP contribution in [0.3, 0.4) is 0 Å². The van der Waals surface area contributed by atoms with Crippen molar-refractivity contribution in [2.75, 3.05) is 26.3 Å². The lowest BCUT2D eigenvalue weighted by molar-refractivity contribution is -0.112. The predicted octanol–water partition coefficient (Wildman–Crippen LogP) is 1.54. The van der Waals surface area contributed by atoms with Gasteiger partial charge in [-0.1, -0.05) is 17.7 Å². The predicted molar refractivity (Wildman–Crippen MR) is 56.1 cm³/mol. The summed E-state index contributed by atoms with van der Waals surface area (Å²) in [6, 6.07) is 0. The zero-order valence-corrected chi connectivity index (χ0v) is 8.96. The van der Waals surface area contributed by atoms with E-state index in [4.69, 9.17) is 16.3 Å². The number of hydrogen-bond acceptors (Lipinski definition) is 3. The summed E-state index contributed by atoms with van der Waals surface area (Å²) in [4.78, 5) is 12.6. The van der Waals surface area contributed by atoms with E-state index in [1.807, 2.05) is 4.90 Å². The number of hydrogen-bond donors (Lipinski definition) is 0. The summed E-state index contributed by atoms with van der Waals surface area (Å²) in [6.45, 7) is 4.54. The van der Waals surface area contributed by atoms with Gasteiger partial charge in [-0.15, -0.1) is 0 Å². The van der Waals surface area contributed by atoms with Gasteiger partial charge in [0.15, 0.2) is 5.78 Å². The van der Waals surface area contributed by atoms with Crippen LogP contribution in [0.25, 0.3) is 0 Å². The van der Waals surface area contributed by atoms with E-state index in [0.717, 1.165) is 13.1 Å². The van der Waals surface area contributed by atoms with Crippen LogP contribution in [0.4, 0.5) is 0 Å². The fourth-order valence-electron chi connectivity index (χ4n) is 1.15. The molecule has 78 valence electrons. The Bertz CT molecular complexity index is 255. The van der Waals surface area contributed by atoms with Gasteiger partial charge in [0, 0.05) is 13.1 Å². The highest BCUT2D eigenvalue weighted by Gasteiger charge is 2.10. The molecule has 3 nitrogen and oxygen atoms in total. The van der Waals surface area contributed by atoms with Crippen molar-refractivity contribution in [2.24, 2.45) is 0 Å². The molecule has 1 aliphatic heterocycles. The van der Waals surface area contributed by atoms with Crippen LogP contribution in [-0.4, -0.2) is 37.0 Å². The van der Waals surface area contributed by atoms with Gasteiger partial charge in [-0.3, -0.25) is 4.79 Å². The van der Waals surface area contributed by atoms with E-state index < -0.39 is 0 Å². The Morgan fingerprint density at radius 3 is 2.64 bits per heavy atom. The Hall–Kier alpha value is -0.800. The topological polar surface area (TPSA) is 29.5 Å². The molecular weight excluding hydrogens is 202 g/mol. The molecule has 1 saturated heterocycles. The lowest BCUT2D eigenvalue weighted by Crippen LogP contribution is -2.34. The molecule has 0 bridgehead atoms. The molecule has 0 aliphatic carbocycles. The second-order valence-electron chi connectivity index (χ2n) is 3.06. The first kappa shape index (κ1) is 11.3. The van der Waals surface area contributed by atoms with Crippen molar-refractivity contribution < 1.29 is 9.53 Å². The maximum atomic E-state index is 10.6. The molecule has 0 aromatic heterocycles. The summed E-state index contributed by atoms with van der Waals surface area (Å²) in [5.41, 5.74) is 0. The van der Waals surface area contributed by atoms with E-state index in [0.29, 0.717) is 18.4 Å². The number of allylic oxidation sites excluding steroid dienone is 3. The van der Waals surface area contributed by atoms with Crippen LogP contribution in [0, 0.1) is 0 Å². The van der Waals surface area contributed by atoms with Crippen LogP contribution in [0.2, 0.25) is 0 Å². The molecule has 1 heterocycles. The van der Waals surface area contributed by atoms with E-state index in [1.54, 1.807) is 12.2 Å². The summed E-state index contributed by atoms with van der Waals surface area (Å²) in [6.07, 6.45) is 4.89. The van der Waals surface area contributed by atoms with E-state index in [2.05, 4.69) is 0 Å². The standard InChI is InChI=1S/C10H14ClNO2/c1-9(13)3-2-4-10(11)12-5-7-14-8-6-12/h2-4H,5-8H2,1H3/b3-2+,10-4+. The van der Waals surface area contributed by atoms with Crippen LogP contribution >= 0.6 is 11.6 Å². The number of ketones is 1. The van der Waals surface area contributed by atoms with Gasteiger partial charge in [0.25, 0.3) is 0 Å². The Kier molecular flexibility index (Phi) is 4.70. The summed E-state index contributed by atoms with van der Waals surface area (Å²) in [5, 5.41) is 0.658. The molecule has 0 spiro atoms. The lowest BCUT2D eigenvalue weighted by Gasteiger charge is -2.27. The molecular formula is C10H14ClNO2. The highest BCUT2D eigenvalue weighted by molar-refractivity contribution is 6.29. The molecule has 0 aromatic carbocycles. The second-order valence-corrected chi connectivity index (χ2v) is 3.45. The SMILES string of the molecule is CC(=O)/C=C/C=C(\Cl)N1CCOCC1. The van der Waals surface area contributed by atoms with Gasteiger partial charge in [0.2, 0.25) is 0 Å². The average molecular weight is 216 g/mol. The monoisotopic (exact) mass is 215 g/mol. The highest BCUT2D eigenvalue weighted by Crippen LogP contribution is 2.11. The van der Waals surface area contributed by atoms with Crippen LogP contribution < -0.4 is 0 Å². The van der Waals surface area contributed by atoms with E-state index >= 15 is 0 Å². The van der Waals surface area contributed by atoms with Gasteiger partial charge in [0.1, 0.15) is 5.16 Å². The van der Waals surface area contributed by atoms with E-state index in [1.165, 1.54) is 13.0 Å². The number of morpholine rings is 1. The van der Waals surface area contributed by atoms with Crippen molar-refractivity contribution in [3.05, 3.63) is 23.4 Å². The summed E-state index contributed by atoms with van der Waals surface area (Å²) in [5.74, 6) is 0.0210. The van der Waals surface area contributed by atoms with Crippen LogP contribution in [0.1, 0.15) is 6.92 Å². The number of nitrogens with zero attached hydrogens (tertiary/aromatic N) is 1. The summed E-state index contributed by atoms with van der Waals surface area (Å²) >= 11 is 6.01. The number of ether oxygens (including phenoxy) is 1. The fourth-order valence-corrected chi connectivity index (χ4v) is 1.39. The first-order valence-electron chi connectivity index (χ1n) is 4.57. The molecule has 0 amide bonds. The van der Waals surface area contributed by atoms with E-state index in [-0.39, 0.29) is 5.78 Å². The molecule has 0 unspecified atom stereocenters. The minimum absolute atomic E-state index is 0.0210. The zero-order valence-electron chi connectivity index (χ0n) is 8.20. The number of halogens is 1. The van der Waals surface area contributed by atoms with Gasteiger partial charge in [0.05, 0.1) is 13.2 Å². The minimum Gasteiger partial charge on any atom is -0.378 e. The largest absolute Gasteiger partial charge is 0.378 e. The average Bonchev–Trinajstić information content (AvgIpc) is 2.18. The third kappa shape index (κ3) is 3.94. The Morgan fingerprint density at radius 2 is 2.07 bits per heavy atom. The third-order valence-electron chi connectivity index (χ3n) is 1.88. The van der Waals surface area contributed by atoms with Crippen molar-refractivity contribution in [1.82, 2.24) is 4.90 Å². The van der Waals surface area contributed by atoms with Crippen molar-refractivity contribution in [3.63, 3.8) is 0 Å². The van der Waals surface area contributed by atoms with Crippen LogP contribution in [0.15, 0.2) is 23.4 Å². The van der Waals surface area contributed by atoms with Crippen molar-refractivity contribution in [1.29, 1.82) is 0 Å². The van der Waals surface area contributed by atoms with E-state index in [9.17, 15) is 4.79 Å². The zero-order chi connectivity index (χ0) is 10.4. The first-order valence-corrected chi connectivity index (χ1v) is 4.95. The second kappa shape index (κ2) is 5.83. The first-order chi connectivity index (χ1) is 6.70. The number of rotatable bonds is 3. The fraction of sp³-hybridized carbons (Fsp3) is 0.500. The maximum Gasteiger partial charge on any atom is 0.152 e. The molecule has 0 saturated carbocycles. The Morgan fingerprint density at radius 1 is 1.43 bits per heavy atom. The molecule has 0 atom stereocenters.